The highest BCUT2D eigenvalue weighted by Crippen LogP contribution is 2.24. The first-order valence-electron chi connectivity index (χ1n) is 8.80. The van der Waals surface area contributed by atoms with Crippen molar-refractivity contribution >= 4 is 17.3 Å². The van der Waals surface area contributed by atoms with Crippen LogP contribution in [0.5, 0.6) is 0 Å². The quantitative estimate of drug-likeness (QED) is 0.819. The summed E-state index contributed by atoms with van der Waals surface area (Å²) in [6, 6.07) is 8.74. The molecule has 2 aromatic rings. The minimum Gasteiger partial charge on any atom is -0.383 e. The van der Waals surface area contributed by atoms with Crippen LogP contribution in [0.4, 0.5) is 5.69 Å². The van der Waals surface area contributed by atoms with Gasteiger partial charge in [0.1, 0.15) is 12.2 Å². The zero-order valence-electron chi connectivity index (χ0n) is 14.9. The third-order valence-corrected chi connectivity index (χ3v) is 4.96. The van der Waals surface area contributed by atoms with E-state index in [1.807, 2.05) is 18.2 Å². The fourth-order valence-electron chi connectivity index (χ4n) is 3.37. The van der Waals surface area contributed by atoms with E-state index in [2.05, 4.69) is 38.0 Å². The van der Waals surface area contributed by atoms with Crippen LogP contribution in [-0.2, 0) is 11.3 Å². The van der Waals surface area contributed by atoms with Crippen LogP contribution in [0.2, 0.25) is 5.02 Å². The van der Waals surface area contributed by atoms with Gasteiger partial charge in [-0.15, -0.1) is 10.2 Å². The predicted octanol–water partition coefficient (Wildman–Crippen LogP) is 2.90. The number of rotatable bonds is 7. The van der Waals surface area contributed by atoms with Crippen LogP contribution in [0.25, 0.3) is 0 Å². The maximum absolute atomic E-state index is 6.11. The minimum absolute atomic E-state index is 0.169. The number of hydrogen-bond donors (Lipinski definition) is 1. The highest BCUT2D eigenvalue weighted by molar-refractivity contribution is 6.30. The van der Waals surface area contributed by atoms with Crippen LogP contribution < -0.4 is 10.2 Å². The second-order valence-electron chi connectivity index (χ2n) is 6.50. The number of aromatic nitrogens is 3. The Bertz CT molecular complexity index is 669. The topological polar surface area (TPSA) is 55.2 Å². The molecule has 1 aliphatic heterocycles. The van der Waals surface area contributed by atoms with E-state index in [0.717, 1.165) is 43.3 Å². The average molecular weight is 364 g/mol. The average Bonchev–Trinajstić information content (AvgIpc) is 3.09. The van der Waals surface area contributed by atoms with E-state index >= 15 is 0 Å². The van der Waals surface area contributed by atoms with Gasteiger partial charge in [-0.2, -0.15) is 0 Å². The first-order valence-corrected chi connectivity index (χ1v) is 9.18. The second kappa shape index (κ2) is 8.65. The fourth-order valence-corrected chi connectivity index (χ4v) is 3.55. The molecule has 1 aliphatic rings. The van der Waals surface area contributed by atoms with Crippen LogP contribution in [0.1, 0.15) is 31.6 Å². The van der Waals surface area contributed by atoms with Gasteiger partial charge in [-0.1, -0.05) is 17.7 Å². The number of halogens is 1. The molecule has 136 valence electrons. The molecule has 7 heteroatoms. The summed E-state index contributed by atoms with van der Waals surface area (Å²) in [4.78, 5) is 2.40. The Kier molecular flexibility index (Phi) is 6.29. The van der Waals surface area contributed by atoms with Crippen molar-refractivity contribution in [1.82, 2.24) is 20.1 Å². The monoisotopic (exact) mass is 363 g/mol. The van der Waals surface area contributed by atoms with Gasteiger partial charge in [-0.25, -0.2) is 0 Å². The van der Waals surface area contributed by atoms with Gasteiger partial charge in [0.25, 0.3) is 0 Å². The van der Waals surface area contributed by atoms with E-state index in [1.165, 1.54) is 5.69 Å². The molecule has 1 fully saturated rings. The molecule has 0 saturated carbocycles. The summed E-state index contributed by atoms with van der Waals surface area (Å²) in [6.45, 7) is 5.65. The zero-order valence-corrected chi connectivity index (χ0v) is 15.6. The molecule has 2 heterocycles. The third-order valence-electron chi connectivity index (χ3n) is 4.72. The maximum Gasteiger partial charge on any atom is 0.149 e. The molecule has 1 N–H and O–H groups in total. The van der Waals surface area contributed by atoms with Gasteiger partial charge in [0.2, 0.25) is 0 Å². The number of methoxy groups -OCH3 is 1. The fraction of sp³-hybridized carbons (Fsp3) is 0.556. The van der Waals surface area contributed by atoms with Crippen LogP contribution >= 0.6 is 11.6 Å². The summed E-state index contributed by atoms with van der Waals surface area (Å²) in [7, 11) is 1.71. The lowest BCUT2D eigenvalue weighted by atomic mass is 10.0. The molecular formula is C18H26ClN5O. The smallest absolute Gasteiger partial charge is 0.149 e. The SMILES string of the molecule is COCCn1cnnc1C(C)NC1CCN(c2cccc(Cl)c2)CC1. The van der Waals surface area contributed by atoms with Gasteiger partial charge < -0.3 is 19.5 Å². The molecule has 0 bridgehead atoms. The molecule has 3 rings (SSSR count). The third kappa shape index (κ3) is 4.71. The largest absolute Gasteiger partial charge is 0.383 e. The van der Waals surface area contributed by atoms with Crippen molar-refractivity contribution in [3.63, 3.8) is 0 Å². The Balaban J connectivity index is 1.53. The standard InChI is InChI=1S/C18H26ClN5O/c1-14(18-22-20-13-24(18)10-11-25-2)21-16-6-8-23(9-7-16)17-5-3-4-15(19)12-17/h3-5,12-14,16,21H,6-11H2,1-2H3. The van der Waals surface area contributed by atoms with Crippen LogP contribution in [-0.4, -0.2) is 47.6 Å². The van der Waals surface area contributed by atoms with Gasteiger partial charge in [-0.3, -0.25) is 0 Å². The lowest BCUT2D eigenvalue weighted by molar-refractivity contribution is 0.185. The molecule has 1 atom stereocenters. The minimum atomic E-state index is 0.169. The van der Waals surface area contributed by atoms with Crippen molar-refractivity contribution in [2.45, 2.75) is 38.4 Å². The Labute approximate surface area is 154 Å². The van der Waals surface area contributed by atoms with E-state index in [4.69, 9.17) is 16.3 Å². The van der Waals surface area contributed by atoms with Crippen molar-refractivity contribution in [2.24, 2.45) is 0 Å². The number of nitrogens with zero attached hydrogens (tertiary/aromatic N) is 4. The number of nitrogens with one attached hydrogen (secondary N) is 1. The highest BCUT2D eigenvalue weighted by atomic mass is 35.5. The van der Waals surface area contributed by atoms with E-state index in [0.29, 0.717) is 12.6 Å². The molecule has 1 aromatic carbocycles. The first-order chi connectivity index (χ1) is 12.2. The molecule has 0 aliphatic carbocycles. The summed E-state index contributed by atoms with van der Waals surface area (Å²) in [5.41, 5.74) is 1.21. The molecule has 0 spiro atoms. The number of benzene rings is 1. The molecule has 6 nitrogen and oxygen atoms in total. The van der Waals surface area contributed by atoms with Crippen molar-refractivity contribution in [3.8, 4) is 0 Å². The Morgan fingerprint density at radius 3 is 2.88 bits per heavy atom. The summed E-state index contributed by atoms with van der Waals surface area (Å²) >= 11 is 6.11. The number of piperidine rings is 1. The van der Waals surface area contributed by atoms with Gasteiger partial charge >= 0.3 is 0 Å². The van der Waals surface area contributed by atoms with Crippen LogP contribution in [0, 0.1) is 0 Å². The zero-order chi connectivity index (χ0) is 17.6. The van der Waals surface area contributed by atoms with Crippen molar-refractivity contribution in [2.75, 3.05) is 31.7 Å². The molecule has 1 unspecified atom stereocenters. The van der Waals surface area contributed by atoms with Crippen molar-refractivity contribution < 1.29 is 4.74 Å². The molecular weight excluding hydrogens is 338 g/mol. The Morgan fingerprint density at radius 2 is 2.16 bits per heavy atom. The van der Waals surface area contributed by atoms with Gasteiger partial charge in [0.05, 0.1) is 12.6 Å². The van der Waals surface area contributed by atoms with Crippen molar-refractivity contribution in [1.29, 1.82) is 0 Å². The summed E-state index contributed by atoms with van der Waals surface area (Å²) in [5, 5.41) is 12.8. The molecule has 0 amide bonds. The van der Waals surface area contributed by atoms with Gasteiger partial charge in [0, 0.05) is 43.5 Å². The van der Waals surface area contributed by atoms with Gasteiger partial charge in [-0.05, 0) is 38.0 Å². The molecule has 0 radical (unpaired) electrons. The normalized spacial score (nSPS) is 17.0. The maximum atomic E-state index is 6.11. The molecule has 25 heavy (non-hydrogen) atoms. The first kappa shape index (κ1) is 18.2. The van der Waals surface area contributed by atoms with Crippen LogP contribution in [0.3, 0.4) is 0 Å². The molecule has 1 saturated heterocycles. The highest BCUT2D eigenvalue weighted by Gasteiger charge is 2.23. The lowest BCUT2D eigenvalue weighted by Gasteiger charge is -2.35. The summed E-state index contributed by atoms with van der Waals surface area (Å²) in [5.74, 6) is 0.967. The second-order valence-corrected chi connectivity index (χ2v) is 6.94. The predicted molar refractivity (Wildman–Crippen MR) is 100 cm³/mol. The lowest BCUT2D eigenvalue weighted by Crippen LogP contribution is -2.43. The van der Waals surface area contributed by atoms with Crippen molar-refractivity contribution in [3.05, 3.63) is 41.4 Å². The van der Waals surface area contributed by atoms with E-state index in [-0.39, 0.29) is 6.04 Å². The van der Waals surface area contributed by atoms with E-state index in [9.17, 15) is 0 Å². The molecule has 1 aromatic heterocycles. The number of ether oxygens (including phenoxy) is 1. The van der Waals surface area contributed by atoms with Crippen LogP contribution in [0.15, 0.2) is 30.6 Å². The van der Waals surface area contributed by atoms with Gasteiger partial charge in [0.15, 0.2) is 0 Å². The number of hydrogen-bond acceptors (Lipinski definition) is 5. The Hall–Kier alpha value is -1.63. The van der Waals surface area contributed by atoms with E-state index in [1.54, 1.807) is 13.4 Å². The van der Waals surface area contributed by atoms with E-state index < -0.39 is 0 Å². The Morgan fingerprint density at radius 1 is 1.36 bits per heavy atom. The summed E-state index contributed by atoms with van der Waals surface area (Å²) in [6.07, 6.45) is 3.97. The summed E-state index contributed by atoms with van der Waals surface area (Å²) < 4.78 is 7.21. The number of anilines is 1.